The lowest BCUT2D eigenvalue weighted by Crippen LogP contribution is -2.24. The van der Waals surface area contributed by atoms with Crippen LogP contribution in [-0.2, 0) is 9.53 Å². The van der Waals surface area contributed by atoms with Crippen LogP contribution in [0, 0.1) is 5.41 Å². The quantitative estimate of drug-likeness (QED) is 0.290. The summed E-state index contributed by atoms with van der Waals surface area (Å²) in [6.45, 7) is 12.4. The molecular weight excluding hydrogens is 236 g/mol. The van der Waals surface area contributed by atoms with Crippen molar-refractivity contribution in [2.75, 3.05) is 6.61 Å². The van der Waals surface area contributed by atoms with Gasteiger partial charge in [0.1, 0.15) is 0 Å². The molecule has 0 rings (SSSR count). The maximum atomic E-state index is 11.4. The van der Waals surface area contributed by atoms with Gasteiger partial charge in [-0.25, -0.2) is 4.79 Å². The lowest BCUT2D eigenvalue weighted by molar-refractivity contribution is -0.142. The van der Waals surface area contributed by atoms with Crippen LogP contribution >= 0.6 is 0 Å². The summed E-state index contributed by atoms with van der Waals surface area (Å²) in [5, 5.41) is 0. The topological polar surface area (TPSA) is 26.3 Å². The predicted octanol–water partition coefficient (Wildman–Crippen LogP) is 5.27. The number of carbonyl (C=O) groups is 1. The van der Waals surface area contributed by atoms with Crippen LogP contribution in [0.15, 0.2) is 12.2 Å². The van der Waals surface area contributed by atoms with E-state index in [1.54, 1.807) is 6.92 Å². The molecule has 0 saturated heterocycles. The number of unbranched alkanes of at least 4 members (excludes halogenated alkanes) is 5. The number of rotatable bonds is 11. The Labute approximate surface area is 119 Å². The molecule has 1 atom stereocenters. The van der Waals surface area contributed by atoms with Gasteiger partial charge in [0.05, 0.1) is 6.61 Å². The predicted molar refractivity (Wildman–Crippen MR) is 82.2 cm³/mol. The molecule has 0 fully saturated rings. The van der Waals surface area contributed by atoms with Gasteiger partial charge in [-0.15, -0.1) is 0 Å². The number of esters is 1. The third-order valence-electron chi connectivity index (χ3n) is 3.89. The lowest BCUT2D eigenvalue weighted by atomic mass is 9.83. The van der Waals surface area contributed by atoms with Crippen LogP contribution in [0.2, 0.25) is 0 Å². The van der Waals surface area contributed by atoms with E-state index in [9.17, 15) is 4.79 Å². The van der Waals surface area contributed by atoms with Crippen LogP contribution in [0.25, 0.3) is 0 Å². The van der Waals surface area contributed by atoms with Crippen molar-refractivity contribution in [1.29, 1.82) is 0 Å². The number of hydrogen-bond acceptors (Lipinski definition) is 2. The monoisotopic (exact) mass is 268 g/mol. The molecule has 0 radical (unpaired) electrons. The Kier molecular flexibility index (Phi) is 9.63. The maximum Gasteiger partial charge on any atom is 0.333 e. The second kappa shape index (κ2) is 10.1. The molecule has 0 N–H and O–H groups in total. The number of hydrogen-bond donors (Lipinski definition) is 0. The van der Waals surface area contributed by atoms with Gasteiger partial charge in [0.15, 0.2) is 0 Å². The van der Waals surface area contributed by atoms with E-state index in [0.29, 0.717) is 12.2 Å². The minimum absolute atomic E-state index is 0.121. The van der Waals surface area contributed by atoms with Gasteiger partial charge in [-0.2, -0.15) is 0 Å². The summed E-state index contributed by atoms with van der Waals surface area (Å²) in [6, 6.07) is 0. The van der Waals surface area contributed by atoms with Gasteiger partial charge < -0.3 is 4.74 Å². The summed E-state index contributed by atoms with van der Waals surface area (Å²) in [4.78, 5) is 11.4. The highest BCUT2D eigenvalue weighted by molar-refractivity contribution is 5.86. The highest BCUT2D eigenvalue weighted by Crippen LogP contribution is 2.29. The van der Waals surface area contributed by atoms with E-state index < -0.39 is 0 Å². The largest absolute Gasteiger partial charge is 0.462 e. The Bertz CT molecular complexity index is 270. The van der Waals surface area contributed by atoms with Crippen LogP contribution in [0.1, 0.15) is 79.1 Å². The molecule has 0 heterocycles. The molecule has 0 aromatic carbocycles. The summed E-state index contributed by atoms with van der Waals surface area (Å²) in [5.41, 5.74) is 0.605. The molecule has 1 unspecified atom stereocenters. The fraction of sp³-hybridized carbons (Fsp3) is 0.824. The number of carbonyl (C=O) groups excluding carboxylic acids is 1. The van der Waals surface area contributed by atoms with Gasteiger partial charge >= 0.3 is 5.97 Å². The van der Waals surface area contributed by atoms with Crippen LogP contribution in [0.3, 0.4) is 0 Å². The van der Waals surface area contributed by atoms with Crippen molar-refractivity contribution in [1.82, 2.24) is 0 Å². The molecule has 112 valence electrons. The fourth-order valence-electron chi connectivity index (χ4n) is 2.05. The molecule has 0 aromatic rings. The second-order valence-corrected chi connectivity index (χ2v) is 6.04. The summed E-state index contributed by atoms with van der Waals surface area (Å²) in [6.07, 6.45) is 10.0. The van der Waals surface area contributed by atoms with Gasteiger partial charge in [-0.3, -0.25) is 0 Å². The van der Waals surface area contributed by atoms with E-state index in [-0.39, 0.29) is 11.4 Å². The molecule has 0 aliphatic heterocycles. The van der Waals surface area contributed by atoms with Crippen molar-refractivity contribution in [3.8, 4) is 0 Å². The Hall–Kier alpha value is -0.790. The lowest BCUT2D eigenvalue weighted by Gasteiger charge is -2.27. The Morgan fingerprint density at radius 1 is 1.11 bits per heavy atom. The van der Waals surface area contributed by atoms with Crippen molar-refractivity contribution < 1.29 is 9.53 Å². The van der Waals surface area contributed by atoms with Crippen LogP contribution < -0.4 is 0 Å². The van der Waals surface area contributed by atoms with E-state index in [4.69, 9.17) is 4.74 Å². The van der Waals surface area contributed by atoms with E-state index in [1.807, 2.05) is 0 Å². The normalized spacial score (nSPS) is 13.9. The first kappa shape index (κ1) is 18.2. The summed E-state index contributed by atoms with van der Waals surface area (Å²) >= 11 is 0. The van der Waals surface area contributed by atoms with Gasteiger partial charge in [-0.1, -0.05) is 65.9 Å². The van der Waals surface area contributed by atoms with Crippen molar-refractivity contribution in [3.63, 3.8) is 0 Å². The summed E-state index contributed by atoms with van der Waals surface area (Å²) in [7, 11) is 0. The van der Waals surface area contributed by atoms with Gasteiger partial charge in [0.2, 0.25) is 0 Å². The maximum absolute atomic E-state index is 11.4. The average molecular weight is 268 g/mol. The third kappa shape index (κ3) is 8.85. The van der Waals surface area contributed by atoms with Gasteiger partial charge in [0, 0.05) is 11.0 Å². The minimum atomic E-state index is -0.261. The van der Waals surface area contributed by atoms with Crippen molar-refractivity contribution in [2.24, 2.45) is 5.41 Å². The molecule has 2 nitrogen and oxygen atoms in total. The Morgan fingerprint density at radius 3 is 2.21 bits per heavy atom. The molecule has 0 bridgehead atoms. The highest BCUT2D eigenvalue weighted by atomic mass is 16.5. The standard InChI is InChI=1S/C17H32O2/c1-6-8-9-10-11-12-13-17(5,7-2)14-19-16(18)15(3)4/h3,6-14H2,1-2,4-5H3. The zero-order valence-electron chi connectivity index (χ0n) is 13.4. The van der Waals surface area contributed by atoms with Crippen LogP contribution in [0.4, 0.5) is 0 Å². The van der Waals surface area contributed by atoms with E-state index in [2.05, 4.69) is 27.4 Å². The van der Waals surface area contributed by atoms with Crippen molar-refractivity contribution in [3.05, 3.63) is 12.2 Å². The molecular formula is C17H32O2. The zero-order chi connectivity index (χ0) is 14.7. The Morgan fingerprint density at radius 2 is 1.68 bits per heavy atom. The van der Waals surface area contributed by atoms with Crippen LogP contribution in [0.5, 0.6) is 0 Å². The first-order chi connectivity index (χ1) is 8.95. The smallest absolute Gasteiger partial charge is 0.333 e. The first-order valence-electron chi connectivity index (χ1n) is 7.78. The second-order valence-electron chi connectivity index (χ2n) is 6.04. The highest BCUT2D eigenvalue weighted by Gasteiger charge is 2.23. The molecule has 0 aromatic heterocycles. The third-order valence-corrected chi connectivity index (χ3v) is 3.89. The molecule has 0 aliphatic rings. The Balaban J connectivity index is 3.88. The SMILES string of the molecule is C=C(C)C(=O)OCC(C)(CC)CCCCCCCC. The van der Waals surface area contributed by atoms with E-state index in [1.165, 1.54) is 38.5 Å². The molecule has 0 aliphatic carbocycles. The van der Waals surface area contributed by atoms with E-state index >= 15 is 0 Å². The van der Waals surface area contributed by atoms with Crippen molar-refractivity contribution >= 4 is 5.97 Å². The molecule has 0 amide bonds. The summed E-state index contributed by atoms with van der Waals surface area (Å²) in [5.74, 6) is -0.261. The number of ether oxygens (including phenoxy) is 1. The first-order valence-corrected chi connectivity index (χ1v) is 7.78. The van der Waals surface area contributed by atoms with Crippen LogP contribution in [-0.4, -0.2) is 12.6 Å². The zero-order valence-corrected chi connectivity index (χ0v) is 13.4. The van der Waals surface area contributed by atoms with Crippen molar-refractivity contribution in [2.45, 2.75) is 79.1 Å². The summed E-state index contributed by atoms with van der Waals surface area (Å²) < 4.78 is 5.32. The van der Waals surface area contributed by atoms with Gasteiger partial charge in [0.25, 0.3) is 0 Å². The molecule has 0 saturated carbocycles. The minimum Gasteiger partial charge on any atom is -0.462 e. The average Bonchev–Trinajstić information content (AvgIpc) is 2.40. The fourth-order valence-corrected chi connectivity index (χ4v) is 2.05. The molecule has 2 heteroatoms. The molecule has 0 spiro atoms. The van der Waals surface area contributed by atoms with Gasteiger partial charge in [-0.05, 0) is 19.8 Å². The van der Waals surface area contributed by atoms with E-state index in [0.717, 1.165) is 12.8 Å². The molecule has 19 heavy (non-hydrogen) atoms.